The second-order valence-electron chi connectivity index (χ2n) is 15.9. The maximum Gasteiger partial charge on any atom is 0.166 e. The van der Waals surface area contributed by atoms with E-state index in [1.165, 1.54) is 0 Å². The van der Waals surface area contributed by atoms with Gasteiger partial charge in [-0.05, 0) is 70.8 Å². The molecule has 0 spiro atoms. The van der Waals surface area contributed by atoms with Crippen molar-refractivity contribution in [1.82, 2.24) is 24.1 Å². The van der Waals surface area contributed by atoms with E-state index < -0.39 is 0 Å². The molecule has 0 saturated heterocycles. The monoisotopic (exact) mass is 816 g/mol. The molecule has 0 aliphatic rings. The lowest BCUT2D eigenvalue weighted by molar-refractivity contribution is 1.06. The minimum absolute atomic E-state index is 0.461. The number of hydrogen-bond donors (Lipinski definition) is 0. The van der Waals surface area contributed by atoms with Crippen LogP contribution in [0.5, 0.6) is 0 Å². The van der Waals surface area contributed by atoms with E-state index in [9.17, 15) is 5.26 Å². The maximum absolute atomic E-state index is 10.5. The highest BCUT2D eigenvalue weighted by molar-refractivity contribution is 6.26. The summed E-state index contributed by atoms with van der Waals surface area (Å²) < 4.78 is 4.70. The standard InChI is InChI=1S/C58H36N6/c59-37-38-32-34-52(64-50-30-16-14-26-44(50)45-33-35-53-54(55(45)64)48-29-15-17-31-51(48)63(53)41-22-8-3-9-23-41)49(36-38)58-61-56(46-27-12-10-24-42(46)39-18-4-1-5-19-39)60-57(62-58)47-28-13-11-25-43(47)40-20-6-2-7-21-40/h1-36H. The van der Waals surface area contributed by atoms with Gasteiger partial charge in [0.25, 0.3) is 0 Å². The molecule has 0 bridgehead atoms. The summed E-state index contributed by atoms with van der Waals surface area (Å²) in [5.41, 5.74) is 13.4. The fourth-order valence-corrected chi connectivity index (χ4v) is 9.43. The van der Waals surface area contributed by atoms with E-state index in [1.807, 2.05) is 78.9 Å². The fourth-order valence-electron chi connectivity index (χ4n) is 9.43. The second kappa shape index (κ2) is 15.2. The summed E-state index contributed by atoms with van der Waals surface area (Å²) in [6, 6.07) is 77.8. The Morgan fingerprint density at radius 3 is 1.44 bits per heavy atom. The number of benzene rings is 9. The van der Waals surface area contributed by atoms with Crippen LogP contribution in [0.4, 0.5) is 0 Å². The number of para-hydroxylation sites is 3. The molecule has 6 heteroatoms. The normalized spacial score (nSPS) is 11.4. The van der Waals surface area contributed by atoms with Crippen molar-refractivity contribution in [2.75, 3.05) is 0 Å². The zero-order valence-corrected chi connectivity index (χ0v) is 34.5. The van der Waals surface area contributed by atoms with Crippen molar-refractivity contribution in [3.8, 4) is 73.9 Å². The summed E-state index contributed by atoms with van der Waals surface area (Å²) in [4.78, 5) is 16.1. The molecular weight excluding hydrogens is 781 g/mol. The molecule has 0 fully saturated rings. The van der Waals surface area contributed by atoms with E-state index in [0.29, 0.717) is 28.6 Å². The number of rotatable bonds is 7. The molecule has 0 atom stereocenters. The molecule has 0 aliphatic heterocycles. The van der Waals surface area contributed by atoms with Gasteiger partial charge in [-0.25, -0.2) is 15.0 Å². The Bertz CT molecular complexity index is 3690. The molecule has 64 heavy (non-hydrogen) atoms. The van der Waals surface area contributed by atoms with Crippen LogP contribution in [0.1, 0.15) is 5.56 Å². The fraction of sp³-hybridized carbons (Fsp3) is 0. The van der Waals surface area contributed by atoms with E-state index >= 15 is 0 Å². The molecule has 0 unspecified atom stereocenters. The Morgan fingerprint density at radius 1 is 0.359 bits per heavy atom. The molecule has 298 valence electrons. The van der Waals surface area contributed by atoms with Gasteiger partial charge in [-0.3, -0.25) is 0 Å². The van der Waals surface area contributed by atoms with Gasteiger partial charge in [0.1, 0.15) is 0 Å². The van der Waals surface area contributed by atoms with Crippen LogP contribution >= 0.6 is 0 Å². The van der Waals surface area contributed by atoms with Crippen LogP contribution in [0.3, 0.4) is 0 Å². The molecular formula is C58H36N6. The van der Waals surface area contributed by atoms with Crippen molar-refractivity contribution in [3.05, 3.63) is 224 Å². The van der Waals surface area contributed by atoms with Crippen LogP contribution < -0.4 is 0 Å². The van der Waals surface area contributed by atoms with E-state index in [1.54, 1.807) is 0 Å². The van der Waals surface area contributed by atoms with E-state index in [2.05, 4.69) is 155 Å². The topological polar surface area (TPSA) is 72.3 Å². The van der Waals surface area contributed by atoms with Crippen molar-refractivity contribution >= 4 is 43.6 Å². The number of hydrogen-bond acceptors (Lipinski definition) is 4. The zero-order chi connectivity index (χ0) is 42.6. The van der Waals surface area contributed by atoms with Crippen molar-refractivity contribution < 1.29 is 0 Å². The number of nitrogens with zero attached hydrogens (tertiary/aromatic N) is 6. The van der Waals surface area contributed by atoms with Gasteiger partial charge in [0, 0.05) is 43.9 Å². The summed E-state index contributed by atoms with van der Waals surface area (Å²) in [5.74, 6) is 1.53. The quantitative estimate of drug-likeness (QED) is 0.161. The lowest BCUT2D eigenvalue weighted by Crippen LogP contribution is -2.05. The zero-order valence-electron chi connectivity index (χ0n) is 34.5. The predicted molar refractivity (Wildman–Crippen MR) is 260 cm³/mol. The smallest absolute Gasteiger partial charge is 0.166 e. The van der Waals surface area contributed by atoms with Gasteiger partial charge >= 0.3 is 0 Å². The average Bonchev–Trinajstić information content (AvgIpc) is 3.90. The van der Waals surface area contributed by atoms with E-state index in [4.69, 9.17) is 15.0 Å². The van der Waals surface area contributed by atoms with Crippen molar-refractivity contribution in [1.29, 1.82) is 5.26 Å². The van der Waals surface area contributed by atoms with Gasteiger partial charge < -0.3 is 9.13 Å². The molecule has 0 aliphatic carbocycles. The summed E-state index contributed by atoms with van der Waals surface area (Å²) >= 11 is 0. The van der Waals surface area contributed by atoms with Gasteiger partial charge in [0.2, 0.25) is 0 Å². The second-order valence-corrected chi connectivity index (χ2v) is 15.9. The Labute approximate surface area is 369 Å². The number of aromatic nitrogens is 5. The first-order valence-electron chi connectivity index (χ1n) is 21.3. The predicted octanol–water partition coefficient (Wildman–Crippen LogP) is 14.3. The third kappa shape index (κ3) is 5.99. The molecule has 0 radical (unpaired) electrons. The third-order valence-electron chi connectivity index (χ3n) is 12.2. The first-order chi connectivity index (χ1) is 31.7. The Kier molecular flexibility index (Phi) is 8.77. The van der Waals surface area contributed by atoms with Crippen molar-refractivity contribution in [2.24, 2.45) is 0 Å². The summed E-state index contributed by atoms with van der Waals surface area (Å²) in [5, 5.41) is 15.0. The van der Waals surface area contributed by atoms with Crippen molar-refractivity contribution in [2.45, 2.75) is 0 Å². The van der Waals surface area contributed by atoms with Gasteiger partial charge in [0.15, 0.2) is 17.5 Å². The van der Waals surface area contributed by atoms with Gasteiger partial charge in [-0.15, -0.1) is 0 Å². The van der Waals surface area contributed by atoms with Crippen LogP contribution in [0.15, 0.2) is 218 Å². The third-order valence-corrected chi connectivity index (χ3v) is 12.2. The molecule has 0 saturated carbocycles. The molecule has 9 aromatic carbocycles. The lowest BCUT2D eigenvalue weighted by Gasteiger charge is -2.17. The number of nitriles is 1. The molecule has 0 amide bonds. The van der Waals surface area contributed by atoms with Crippen LogP contribution in [-0.4, -0.2) is 24.1 Å². The molecule has 0 N–H and O–H groups in total. The SMILES string of the molecule is N#Cc1ccc(-n2c3ccccc3c3ccc4c(c5ccccc5n4-c4ccccc4)c32)c(-c2nc(-c3ccccc3-c3ccccc3)nc(-c3ccccc3-c3ccccc3)n2)c1. The van der Waals surface area contributed by atoms with Crippen LogP contribution in [0.25, 0.3) is 111 Å². The average molecular weight is 817 g/mol. The molecule has 12 rings (SSSR count). The van der Waals surface area contributed by atoms with Crippen LogP contribution in [0.2, 0.25) is 0 Å². The first-order valence-corrected chi connectivity index (χ1v) is 21.3. The highest BCUT2D eigenvalue weighted by Crippen LogP contribution is 2.44. The highest BCUT2D eigenvalue weighted by Gasteiger charge is 2.25. The minimum Gasteiger partial charge on any atom is -0.309 e. The van der Waals surface area contributed by atoms with Gasteiger partial charge in [-0.1, -0.05) is 170 Å². The summed E-state index contributed by atoms with van der Waals surface area (Å²) in [6.07, 6.45) is 0. The van der Waals surface area contributed by atoms with E-state index in [-0.39, 0.29) is 0 Å². The van der Waals surface area contributed by atoms with Gasteiger partial charge in [-0.2, -0.15) is 5.26 Å². The molecule has 3 heterocycles. The Morgan fingerprint density at radius 2 is 0.844 bits per heavy atom. The molecule has 6 nitrogen and oxygen atoms in total. The Balaban J connectivity index is 1.19. The van der Waals surface area contributed by atoms with Crippen LogP contribution in [0, 0.1) is 11.3 Å². The molecule has 12 aromatic rings. The largest absolute Gasteiger partial charge is 0.309 e. The van der Waals surface area contributed by atoms with Gasteiger partial charge in [0.05, 0.1) is 39.4 Å². The van der Waals surface area contributed by atoms with Crippen molar-refractivity contribution in [3.63, 3.8) is 0 Å². The summed E-state index contributed by atoms with van der Waals surface area (Å²) in [6.45, 7) is 0. The summed E-state index contributed by atoms with van der Waals surface area (Å²) in [7, 11) is 0. The molecule has 3 aromatic heterocycles. The highest BCUT2D eigenvalue weighted by atomic mass is 15.1. The van der Waals surface area contributed by atoms with E-state index in [0.717, 1.165) is 88.4 Å². The first kappa shape index (κ1) is 36.9. The Hall–Kier alpha value is -8.92. The maximum atomic E-state index is 10.5. The number of fused-ring (bicyclic) bond motifs is 7. The minimum atomic E-state index is 0.461. The lowest BCUT2D eigenvalue weighted by atomic mass is 9.98. The van der Waals surface area contributed by atoms with Crippen LogP contribution in [-0.2, 0) is 0 Å².